The second-order valence-corrected chi connectivity index (χ2v) is 3.85. The number of aliphatic hydroxyl groups is 1. The van der Waals surface area contributed by atoms with Crippen molar-refractivity contribution in [2.24, 2.45) is 7.05 Å². The first kappa shape index (κ1) is 25.3. The van der Waals surface area contributed by atoms with Crippen molar-refractivity contribution in [3.63, 3.8) is 0 Å². The molecule has 1 N–H and O–H groups in total. The van der Waals surface area contributed by atoms with Crippen molar-refractivity contribution in [3.8, 4) is 0 Å². The quantitative estimate of drug-likeness (QED) is 0.596. The molecule has 1 aromatic rings. The highest BCUT2D eigenvalue weighted by atomic mass is 16.3. The highest BCUT2D eigenvalue weighted by molar-refractivity contribution is 5.74. The third kappa shape index (κ3) is 8.63. The Balaban J connectivity index is -0.000000446. The minimum atomic E-state index is 0.0316. The maximum atomic E-state index is 9.32. The summed E-state index contributed by atoms with van der Waals surface area (Å²) in [7, 11) is 1.90. The van der Waals surface area contributed by atoms with Gasteiger partial charge in [-0.3, -0.25) is 4.68 Å². The highest BCUT2D eigenvalue weighted by Gasteiger charge is 2.13. The van der Waals surface area contributed by atoms with E-state index < -0.39 is 0 Å². The van der Waals surface area contributed by atoms with Crippen molar-refractivity contribution in [3.05, 3.63) is 47.8 Å². The van der Waals surface area contributed by atoms with E-state index in [1.165, 1.54) is 0 Å². The number of aryl methyl sites for hydroxylation is 2. The van der Waals surface area contributed by atoms with Crippen LogP contribution in [0.1, 0.15) is 65.4 Å². The summed E-state index contributed by atoms with van der Waals surface area (Å²) >= 11 is 0. The predicted molar refractivity (Wildman–Crippen MR) is 101 cm³/mol. The van der Waals surface area contributed by atoms with Gasteiger partial charge in [0.05, 0.1) is 18.0 Å². The fraction of sp³-hybridized carbons (Fsp3) is 0.526. The largest absolute Gasteiger partial charge is 0.392 e. The molecule has 1 aromatic heterocycles. The topological polar surface area (TPSA) is 38.1 Å². The number of aromatic nitrogens is 2. The second kappa shape index (κ2) is 17.4. The Hall–Kier alpha value is -1.61. The molecule has 0 bridgehead atoms. The Morgan fingerprint density at radius 1 is 1.18 bits per heavy atom. The van der Waals surface area contributed by atoms with Crippen molar-refractivity contribution in [2.75, 3.05) is 0 Å². The summed E-state index contributed by atoms with van der Waals surface area (Å²) in [4.78, 5) is 0. The summed E-state index contributed by atoms with van der Waals surface area (Å²) in [5.41, 5.74) is 3.88. The van der Waals surface area contributed by atoms with Gasteiger partial charge in [0.1, 0.15) is 0 Å². The summed E-state index contributed by atoms with van der Waals surface area (Å²) in [6.07, 6.45) is 7.78. The van der Waals surface area contributed by atoms with Gasteiger partial charge in [-0.05, 0) is 33.3 Å². The fourth-order valence-corrected chi connectivity index (χ4v) is 1.74. The average molecular weight is 309 g/mol. The fourth-order valence-electron chi connectivity index (χ4n) is 1.74. The van der Waals surface area contributed by atoms with E-state index in [9.17, 15) is 5.11 Å². The minimum Gasteiger partial charge on any atom is -0.392 e. The van der Waals surface area contributed by atoms with Crippen molar-refractivity contribution in [2.45, 2.75) is 62.0 Å². The Morgan fingerprint density at radius 3 is 1.95 bits per heavy atom. The normalized spacial score (nSPS) is 9.82. The van der Waals surface area contributed by atoms with Crippen LogP contribution in [-0.4, -0.2) is 14.9 Å². The average Bonchev–Trinajstić information content (AvgIpc) is 2.83. The van der Waals surface area contributed by atoms with E-state index in [2.05, 4.69) is 11.7 Å². The van der Waals surface area contributed by atoms with E-state index in [0.29, 0.717) is 0 Å². The lowest BCUT2D eigenvalue weighted by molar-refractivity contribution is 0.280. The van der Waals surface area contributed by atoms with Crippen LogP contribution in [0.2, 0.25) is 0 Å². The van der Waals surface area contributed by atoms with E-state index in [1.807, 2.05) is 85.3 Å². The van der Waals surface area contributed by atoms with Crippen LogP contribution in [-0.2, 0) is 13.7 Å². The number of rotatable bonds is 3. The summed E-state index contributed by atoms with van der Waals surface area (Å²) in [5, 5.41) is 13.6. The first-order valence-electron chi connectivity index (χ1n) is 8.07. The first-order valence-corrected chi connectivity index (χ1v) is 8.07. The van der Waals surface area contributed by atoms with Crippen LogP contribution >= 0.6 is 0 Å². The summed E-state index contributed by atoms with van der Waals surface area (Å²) in [6.45, 7) is 19.2. The van der Waals surface area contributed by atoms with Crippen LogP contribution in [0.3, 0.4) is 0 Å². The predicted octanol–water partition coefficient (Wildman–Crippen LogP) is 5.44. The smallest absolute Gasteiger partial charge is 0.0733 e. The van der Waals surface area contributed by atoms with Gasteiger partial charge in [0.15, 0.2) is 0 Å². The maximum absolute atomic E-state index is 9.32. The van der Waals surface area contributed by atoms with Gasteiger partial charge in [-0.1, -0.05) is 52.0 Å². The van der Waals surface area contributed by atoms with Gasteiger partial charge in [-0.25, -0.2) is 0 Å². The van der Waals surface area contributed by atoms with Crippen LogP contribution in [0, 0.1) is 6.92 Å². The SMILES string of the molecule is C/C=C\C(=C/C)c1c(CO)c(C)nn1C.C=CC.CC.CC. The molecule has 0 saturated carbocycles. The number of aliphatic hydroxyl groups excluding tert-OH is 1. The van der Waals surface area contributed by atoms with E-state index in [4.69, 9.17) is 0 Å². The Morgan fingerprint density at radius 2 is 1.64 bits per heavy atom. The molecule has 0 atom stereocenters. The van der Waals surface area contributed by atoms with E-state index in [1.54, 1.807) is 6.08 Å². The third-order valence-electron chi connectivity index (χ3n) is 2.43. The van der Waals surface area contributed by atoms with E-state index in [-0.39, 0.29) is 6.61 Å². The second-order valence-electron chi connectivity index (χ2n) is 3.85. The molecule has 0 amide bonds. The monoisotopic (exact) mass is 308 g/mol. The first-order chi connectivity index (χ1) is 10.6. The zero-order valence-corrected chi connectivity index (χ0v) is 16.1. The molecule has 3 heteroatoms. The van der Waals surface area contributed by atoms with Crippen molar-refractivity contribution in [1.82, 2.24) is 9.78 Å². The van der Waals surface area contributed by atoms with Crippen LogP contribution in [0.25, 0.3) is 5.57 Å². The van der Waals surface area contributed by atoms with Gasteiger partial charge < -0.3 is 5.11 Å². The molecule has 128 valence electrons. The number of allylic oxidation sites excluding steroid dienone is 5. The van der Waals surface area contributed by atoms with Crippen LogP contribution in [0.5, 0.6) is 0 Å². The summed E-state index contributed by atoms with van der Waals surface area (Å²) in [5.74, 6) is 0. The van der Waals surface area contributed by atoms with Crippen molar-refractivity contribution in [1.29, 1.82) is 0 Å². The van der Waals surface area contributed by atoms with Crippen molar-refractivity contribution < 1.29 is 5.11 Å². The molecule has 3 nitrogen and oxygen atoms in total. The van der Waals surface area contributed by atoms with Gasteiger partial charge in [-0.15, -0.1) is 6.58 Å². The molecule has 0 radical (unpaired) electrons. The molecule has 0 aromatic carbocycles. The summed E-state index contributed by atoms with van der Waals surface area (Å²) in [6, 6.07) is 0. The van der Waals surface area contributed by atoms with Gasteiger partial charge in [0.2, 0.25) is 0 Å². The van der Waals surface area contributed by atoms with Crippen LogP contribution in [0.15, 0.2) is 30.9 Å². The minimum absolute atomic E-state index is 0.0316. The van der Waals surface area contributed by atoms with Crippen molar-refractivity contribution >= 4 is 5.57 Å². The van der Waals surface area contributed by atoms with Crippen LogP contribution in [0.4, 0.5) is 0 Å². The Bertz CT molecular complexity index is 441. The molecule has 0 aliphatic carbocycles. The van der Waals surface area contributed by atoms with Crippen LogP contribution < -0.4 is 0 Å². The molecule has 0 aliphatic heterocycles. The summed E-state index contributed by atoms with van der Waals surface area (Å²) < 4.78 is 1.82. The molecule has 0 saturated heterocycles. The van der Waals surface area contributed by atoms with Gasteiger partial charge in [0, 0.05) is 12.6 Å². The zero-order valence-electron chi connectivity index (χ0n) is 16.1. The lowest BCUT2D eigenvalue weighted by Gasteiger charge is -2.05. The molecule has 1 rings (SSSR count). The molecular weight excluding hydrogens is 272 g/mol. The van der Waals surface area contributed by atoms with Gasteiger partial charge in [-0.2, -0.15) is 5.10 Å². The molecule has 22 heavy (non-hydrogen) atoms. The zero-order chi connectivity index (χ0) is 18.1. The van der Waals surface area contributed by atoms with E-state index in [0.717, 1.165) is 22.5 Å². The van der Waals surface area contributed by atoms with Gasteiger partial charge in [0.25, 0.3) is 0 Å². The maximum Gasteiger partial charge on any atom is 0.0733 e. The molecule has 0 aliphatic rings. The third-order valence-corrected chi connectivity index (χ3v) is 2.43. The lowest BCUT2D eigenvalue weighted by Crippen LogP contribution is -1.99. The molecule has 0 spiro atoms. The Kier molecular flexibility index (Phi) is 20.1. The van der Waals surface area contributed by atoms with Gasteiger partial charge >= 0.3 is 0 Å². The standard InChI is InChI=1S/C12H18N2O.C3H6.2C2H6/c1-5-7-10(6-2)12-11(8-15)9(3)13-14(12)4;1-3-2;2*1-2/h5-7,15H,8H2,1-4H3;3H,1H2,2H3;2*1-2H3/b7-5-,10-6+;;;. The molecule has 1 heterocycles. The Labute approximate surface area is 138 Å². The molecular formula is C19H36N2O. The lowest BCUT2D eigenvalue weighted by atomic mass is 10.1. The molecule has 0 fully saturated rings. The highest BCUT2D eigenvalue weighted by Crippen LogP contribution is 2.22. The van der Waals surface area contributed by atoms with E-state index >= 15 is 0 Å². The molecule has 0 unspecified atom stereocenters. The number of nitrogens with zero attached hydrogens (tertiary/aromatic N) is 2. The number of hydrogen-bond acceptors (Lipinski definition) is 2. The number of hydrogen-bond donors (Lipinski definition) is 1.